The summed E-state index contributed by atoms with van der Waals surface area (Å²) >= 11 is 3.06. The van der Waals surface area contributed by atoms with Crippen molar-refractivity contribution in [1.29, 1.82) is 0 Å². The van der Waals surface area contributed by atoms with E-state index in [1.807, 2.05) is 48.9 Å². The zero-order chi connectivity index (χ0) is 35.6. The van der Waals surface area contributed by atoms with Crippen LogP contribution in [-0.2, 0) is 22.7 Å². The highest BCUT2D eigenvalue weighted by molar-refractivity contribution is 7.10. The van der Waals surface area contributed by atoms with Crippen molar-refractivity contribution >= 4 is 46.0 Å². The largest absolute Gasteiger partial charge is 0.484 e. The van der Waals surface area contributed by atoms with Crippen LogP contribution in [0.4, 0.5) is 11.5 Å². The van der Waals surface area contributed by atoms with E-state index in [1.165, 1.54) is 11.3 Å². The van der Waals surface area contributed by atoms with Gasteiger partial charge >= 0.3 is 0 Å². The van der Waals surface area contributed by atoms with Crippen LogP contribution in [0.15, 0.2) is 71.4 Å². The number of H-pyrrole nitrogens is 2. The maximum Gasteiger partial charge on any atom is 0.266 e. The number of amides is 2. The third kappa shape index (κ3) is 6.97. The van der Waals surface area contributed by atoms with E-state index in [2.05, 4.69) is 20.4 Å². The first kappa shape index (κ1) is 33.2. The minimum absolute atomic E-state index is 0.150. The second kappa shape index (κ2) is 14.3. The molecule has 0 unspecified atom stereocenters. The Hall–Kier alpha value is -6.00. The topological polar surface area (TPSA) is 153 Å². The molecule has 0 aliphatic carbocycles. The summed E-state index contributed by atoms with van der Waals surface area (Å²) in [6.45, 7) is 4.25. The van der Waals surface area contributed by atoms with Crippen LogP contribution in [0.3, 0.4) is 0 Å². The van der Waals surface area contributed by atoms with Gasteiger partial charge in [-0.2, -0.15) is 10.2 Å². The zero-order valence-electron chi connectivity index (χ0n) is 28.0. The predicted octanol–water partition coefficient (Wildman–Crippen LogP) is 6.22. The second-order valence-corrected chi connectivity index (χ2v) is 13.9. The molecule has 8 rings (SSSR count). The zero-order valence-corrected chi connectivity index (χ0v) is 29.7. The molecule has 6 aromatic rings. The Morgan fingerprint density at radius 3 is 2.04 bits per heavy atom. The fourth-order valence-corrected chi connectivity index (χ4v) is 7.39. The fourth-order valence-electron chi connectivity index (χ4n) is 5.83. The standard InChI is InChI=1S/C36H32N6O8S2/c1-21-36(22(2)38-37-21)42(35(44)17-46-25-6-8-30-32(12-25)50-20-48-30)15-27-10-23(18-52-27)28-13-33(40-39-28)41(14-26-4-3-9-51-26)34(43)16-45-24-5-7-29-31(11-24)49-19-47-29/h3-13,18H,14-17,19-20H2,1-2H3,(H,37,38)(H,39,40). The van der Waals surface area contributed by atoms with Crippen LogP contribution in [0.2, 0.25) is 0 Å². The predicted molar refractivity (Wildman–Crippen MR) is 193 cm³/mol. The normalized spacial score (nSPS) is 12.6. The number of aryl methyl sites for hydroxylation is 2. The van der Waals surface area contributed by atoms with Gasteiger partial charge in [0.25, 0.3) is 11.8 Å². The Kier molecular flexibility index (Phi) is 9.13. The number of anilines is 2. The molecule has 52 heavy (non-hydrogen) atoms. The van der Waals surface area contributed by atoms with E-state index in [1.54, 1.807) is 57.5 Å². The van der Waals surface area contributed by atoms with Gasteiger partial charge in [-0.15, -0.1) is 22.7 Å². The number of thiophene rings is 2. The number of ether oxygens (including phenoxy) is 6. The molecular weight excluding hydrogens is 709 g/mol. The number of hydrogen-bond donors (Lipinski definition) is 2. The van der Waals surface area contributed by atoms with Crippen molar-refractivity contribution < 1.29 is 38.0 Å². The van der Waals surface area contributed by atoms with Crippen molar-refractivity contribution in [3.05, 3.63) is 92.6 Å². The molecule has 6 heterocycles. The molecule has 0 saturated heterocycles. The number of carbonyl (C=O) groups is 2. The van der Waals surface area contributed by atoms with Crippen LogP contribution in [0, 0.1) is 13.8 Å². The van der Waals surface area contributed by atoms with Gasteiger partial charge < -0.3 is 33.3 Å². The van der Waals surface area contributed by atoms with E-state index < -0.39 is 0 Å². The van der Waals surface area contributed by atoms with Crippen molar-refractivity contribution in [2.45, 2.75) is 26.9 Å². The molecule has 0 bridgehead atoms. The highest BCUT2D eigenvalue weighted by atomic mass is 32.1. The number of aromatic nitrogens is 4. The van der Waals surface area contributed by atoms with E-state index in [4.69, 9.17) is 28.4 Å². The molecule has 2 N–H and O–H groups in total. The van der Waals surface area contributed by atoms with Crippen molar-refractivity contribution in [3.63, 3.8) is 0 Å². The van der Waals surface area contributed by atoms with Crippen LogP contribution in [0.1, 0.15) is 21.1 Å². The summed E-state index contributed by atoms with van der Waals surface area (Å²) in [6.07, 6.45) is 0. The summed E-state index contributed by atoms with van der Waals surface area (Å²) in [5, 5.41) is 18.9. The number of carbonyl (C=O) groups excluding carboxylic acids is 2. The van der Waals surface area contributed by atoms with Crippen molar-refractivity contribution in [1.82, 2.24) is 20.4 Å². The van der Waals surface area contributed by atoms with Gasteiger partial charge in [-0.05, 0) is 55.6 Å². The molecule has 0 saturated carbocycles. The van der Waals surface area contributed by atoms with E-state index in [9.17, 15) is 9.59 Å². The average Bonchev–Trinajstić information content (AvgIpc) is 4.00. The van der Waals surface area contributed by atoms with Crippen LogP contribution < -0.4 is 38.2 Å². The monoisotopic (exact) mass is 740 g/mol. The van der Waals surface area contributed by atoms with E-state index in [0.717, 1.165) is 26.7 Å². The molecule has 0 radical (unpaired) electrons. The summed E-state index contributed by atoms with van der Waals surface area (Å²) in [5.41, 5.74) is 3.74. The Balaban J connectivity index is 0.978. The Bertz CT molecular complexity index is 2210. The van der Waals surface area contributed by atoms with E-state index in [-0.39, 0.29) is 45.2 Å². The van der Waals surface area contributed by atoms with Crippen LogP contribution in [-0.4, -0.2) is 59.0 Å². The number of aromatic amines is 2. The molecule has 266 valence electrons. The Labute approximate surface area is 305 Å². The molecule has 0 spiro atoms. The molecule has 2 aliphatic heterocycles. The lowest BCUT2D eigenvalue weighted by Gasteiger charge is -2.22. The lowest BCUT2D eigenvalue weighted by molar-refractivity contribution is -0.121. The number of rotatable bonds is 13. The molecule has 16 heteroatoms. The Morgan fingerprint density at radius 2 is 1.40 bits per heavy atom. The van der Waals surface area contributed by atoms with Crippen molar-refractivity contribution in [3.8, 4) is 45.8 Å². The van der Waals surface area contributed by atoms with Crippen LogP contribution >= 0.6 is 22.7 Å². The average molecular weight is 741 g/mol. The van der Waals surface area contributed by atoms with Crippen LogP contribution in [0.5, 0.6) is 34.5 Å². The highest BCUT2D eigenvalue weighted by Gasteiger charge is 2.25. The van der Waals surface area contributed by atoms with Gasteiger partial charge in [-0.3, -0.25) is 24.7 Å². The third-order valence-electron chi connectivity index (χ3n) is 8.39. The molecule has 14 nitrogen and oxygen atoms in total. The van der Waals surface area contributed by atoms with Gasteiger partial charge in [0.1, 0.15) is 11.5 Å². The van der Waals surface area contributed by atoms with Gasteiger partial charge in [-0.1, -0.05) is 6.07 Å². The molecule has 4 aromatic heterocycles. The minimum Gasteiger partial charge on any atom is -0.484 e. The number of nitrogens with one attached hydrogen (secondary N) is 2. The lowest BCUT2D eigenvalue weighted by Crippen LogP contribution is -2.35. The number of fused-ring (bicyclic) bond motifs is 2. The van der Waals surface area contributed by atoms with Gasteiger partial charge in [0.05, 0.1) is 35.9 Å². The van der Waals surface area contributed by atoms with E-state index >= 15 is 0 Å². The number of hydrogen-bond acceptors (Lipinski definition) is 12. The molecule has 2 aliphatic rings. The Morgan fingerprint density at radius 1 is 0.750 bits per heavy atom. The third-order valence-corrected chi connectivity index (χ3v) is 10.2. The lowest BCUT2D eigenvalue weighted by atomic mass is 10.2. The maximum absolute atomic E-state index is 13.7. The first-order chi connectivity index (χ1) is 25.4. The second-order valence-electron chi connectivity index (χ2n) is 11.9. The van der Waals surface area contributed by atoms with Gasteiger partial charge in [0, 0.05) is 38.9 Å². The smallest absolute Gasteiger partial charge is 0.266 e. The van der Waals surface area contributed by atoms with Crippen LogP contribution in [0.25, 0.3) is 11.3 Å². The van der Waals surface area contributed by atoms with E-state index in [0.29, 0.717) is 58.2 Å². The fraction of sp³-hybridized carbons (Fsp3) is 0.222. The molecule has 2 amide bonds. The van der Waals surface area contributed by atoms with Gasteiger partial charge in [0.2, 0.25) is 13.6 Å². The quantitative estimate of drug-likeness (QED) is 0.140. The van der Waals surface area contributed by atoms with Gasteiger partial charge in [-0.25, -0.2) is 0 Å². The minimum atomic E-state index is -0.266. The summed E-state index contributed by atoms with van der Waals surface area (Å²) in [4.78, 5) is 32.5. The molecular formula is C36H32N6O8S2. The molecule has 2 aromatic carbocycles. The molecule has 0 fully saturated rings. The summed E-state index contributed by atoms with van der Waals surface area (Å²) in [7, 11) is 0. The summed E-state index contributed by atoms with van der Waals surface area (Å²) in [5.74, 6) is 3.36. The van der Waals surface area contributed by atoms with Gasteiger partial charge in [0.15, 0.2) is 42.0 Å². The number of nitrogens with zero attached hydrogens (tertiary/aromatic N) is 4. The number of benzene rings is 2. The summed E-state index contributed by atoms with van der Waals surface area (Å²) in [6, 6.07) is 18.2. The maximum atomic E-state index is 13.7. The highest BCUT2D eigenvalue weighted by Crippen LogP contribution is 2.37. The SMILES string of the molecule is Cc1n[nH]c(C)c1N(Cc1cc(-c2cc(N(Cc3cccs3)C(=O)COc3ccc4c(c3)OCO4)n[nH]2)cs1)C(=O)COc1ccc2c(c1)OCO2. The van der Waals surface area contributed by atoms with Crippen molar-refractivity contribution in [2.24, 2.45) is 0 Å². The summed E-state index contributed by atoms with van der Waals surface area (Å²) < 4.78 is 33.4. The first-order valence-electron chi connectivity index (χ1n) is 16.2. The van der Waals surface area contributed by atoms with Crippen molar-refractivity contribution in [2.75, 3.05) is 36.6 Å². The molecule has 0 atom stereocenters. The first-order valence-corrected chi connectivity index (χ1v) is 18.0.